The first-order valence-corrected chi connectivity index (χ1v) is 16.9. The minimum atomic E-state index is -0.233. The third-order valence-corrected chi connectivity index (χ3v) is 10.2. The molecule has 3 nitrogen and oxygen atoms in total. The quantitative estimate of drug-likeness (QED) is 0.188. The molecule has 2 aliphatic heterocycles. The van der Waals surface area contributed by atoms with Gasteiger partial charge in [0.2, 0.25) is 0 Å². The van der Waals surface area contributed by atoms with Crippen molar-refractivity contribution in [3.8, 4) is 33.8 Å². The van der Waals surface area contributed by atoms with E-state index in [0.717, 1.165) is 39.9 Å². The minimum absolute atomic E-state index is 0.233. The number of fused-ring (bicyclic) bond motifs is 4. The zero-order chi connectivity index (χ0) is 33.1. The second-order valence-corrected chi connectivity index (χ2v) is 13.5. The summed E-state index contributed by atoms with van der Waals surface area (Å²) in [7, 11) is 0. The SMILES string of the molecule is Cc1cccc2c1N1c3cc(N(c4ccc(-c5ccccc5)cc4)c4ccccc4-c4ccccc4)ccc3C(C)(C)c3cccc(c31)O2. The number of hydrogen-bond acceptors (Lipinski definition) is 3. The molecule has 0 atom stereocenters. The fraction of sp³-hybridized carbons (Fsp3) is 0.0870. The van der Waals surface area contributed by atoms with Crippen molar-refractivity contribution in [2.45, 2.75) is 26.2 Å². The van der Waals surface area contributed by atoms with Gasteiger partial charge in [0.05, 0.1) is 22.7 Å². The topological polar surface area (TPSA) is 15.7 Å². The van der Waals surface area contributed by atoms with Crippen molar-refractivity contribution in [2.24, 2.45) is 0 Å². The smallest absolute Gasteiger partial charge is 0.151 e. The van der Waals surface area contributed by atoms with Crippen molar-refractivity contribution in [3.63, 3.8) is 0 Å². The van der Waals surface area contributed by atoms with Crippen LogP contribution in [0.4, 0.5) is 34.1 Å². The Kier molecular flexibility index (Phi) is 6.70. The number of rotatable bonds is 5. The first-order chi connectivity index (χ1) is 24.0. The van der Waals surface area contributed by atoms with Crippen LogP contribution in [-0.4, -0.2) is 0 Å². The van der Waals surface area contributed by atoms with Crippen molar-refractivity contribution in [2.75, 3.05) is 9.80 Å². The molecule has 0 N–H and O–H groups in total. The van der Waals surface area contributed by atoms with Gasteiger partial charge in [-0.05, 0) is 82.8 Å². The minimum Gasteiger partial charge on any atom is -0.453 e. The molecule has 0 amide bonds. The van der Waals surface area contributed by atoms with E-state index in [1.54, 1.807) is 0 Å². The second kappa shape index (κ2) is 11.3. The summed E-state index contributed by atoms with van der Waals surface area (Å²) >= 11 is 0. The molecule has 49 heavy (non-hydrogen) atoms. The number of benzene rings is 7. The summed E-state index contributed by atoms with van der Waals surface area (Å²) < 4.78 is 6.59. The van der Waals surface area contributed by atoms with E-state index < -0.39 is 0 Å². The third-order valence-electron chi connectivity index (χ3n) is 10.2. The highest BCUT2D eigenvalue weighted by Crippen LogP contribution is 2.61. The van der Waals surface area contributed by atoms with E-state index in [-0.39, 0.29) is 5.41 Å². The first-order valence-electron chi connectivity index (χ1n) is 16.9. The predicted octanol–water partition coefficient (Wildman–Crippen LogP) is 13.0. The molecule has 0 aliphatic carbocycles. The lowest BCUT2D eigenvalue weighted by Gasteiger charge is -2.45. The number of para-hydroxylation sites is 3. The lowest BCUT2D eigenvalue weighted by atomic mass is 9.73. The Balaban J connectivity index is 1.28. The highest BCUT2D eigenvalue weighted by molar-refractivity contribution is 5.96. The van der Waals surface area contributed by atoms with E-state index in [9.17, 15) is 0 Å². The summed E-state index contributed by atoms with van der Waals surface area (Å²) in [6, 6.07) is 58.7. The average Bonchev–Trinajstić information content (AvgIpc) is 3.15. The molecule has 0 saturated carbocycles. The molecule has 236 valence electrons. The van der Waals surface area contributed by atoms with Gasteiger partial charge in [-0.1, -0.05) is 135 Å². The summed E-state index contributed by atoms with van der Waals surface area (Å²) in [5, 5.41) is 0. The van der Waals surface area contributed by atoms with Gasteiger partial charge in [0.25, 0.3) is 0 Å². The van der Waals surface area contributed by atoms with Gasteiger partial charge in [0, 0.05) is 22.4 Å². The van der Waals surface area contributed by atoms with Crippen molar-refractivity contribution in [3.05, 3.63) is 180 Å². The van der Waals surface area contributed by atoms with Gasteiger partial charge in [-0.15, -0.1) is 0 Å². The molecule has 0 spiro atoms. The summed E-state index contributed by atoms with van der Waals surface area (Å²) in [4.78, 5) is 4.85. The molecule has 0 radical (unpaired) electrons. The zero-order valence-electron chi connectivity index (χ0n) is 27.9. The maximum Gasteiger partial charge on any atom is 0.151 e. The Morgan fingerprint density at radius 3 is 1.88 bits per heavy atom. The molecule has 7 aromatic carbocycles. The number of hydrogen-bond donors (Lipinski definition) is 0. The molecule has 3 heteroatoms. The van der Waals surface area contributed by atoms with Crippen molar-refractivity contribution in [1.82, 2.24) is 0 Å². The summed E-state index contributed by atoms with van der Waals surface area (Å²) in [6.45, 7) is 6.84. The van der Waals surface area contributed by atoms with Gasteiger partial charge in [0.15, 0.2) is 11.5 Å². The van der Waals surface area contributed by atoms with Crippen molar-refractivity contribution >= 4 is 34.1 Å². The Morgan fingerprint density at radius 2 is 1.12 bits per heavy atom. The maximum atomic E-state index is 6.59. The van der Waals surface area contributed by atoms with Crippen LogP contribution < -0.4 is 14.5 Å². The van der Waals surface area contributed by atoms with Crippen molar-refractivity contribution < 1.29 is 4.74 Å². The van der Waals surface area contributed by atoms with E-state index >= 15 is 0 Å². The Morgan fingerprint density at radius 1 is 0.510 bits per heavy atom. The van der Waals surface area contributed by atoms with E-state index in [4.69, 9.17) is 4.74 Å². The van der Waals surface area contributed by atoms with Gasteiger partial charge < -0.3 is 14.5 Å². The third kappa shape index (κ3) is 4.65. The maximum absolute atomic E-state index is 6.59. The number of aryl methyl sites for hydroxylation is 1. The van der Waals surface area contributed by atoms with Crippen LogP contribution in [0.2, 0.25) is 0 Å². The molecule has 9 rings (SSSR count). The number of ether oxygens (including phenoxy) is 1. The van der Waals surface area contributed by atoms with Crippen LogP contribution in [0.3, 0.4) is 0 Å². The predicted molar refractivity (Wildman–Crippen MR) is 204 cm³/mol. The molecule has 2 heterocycles. The van der Waals surface area contributed by atoms with Gasteiger partial charge in [-0.3, -0.25) is 0 Å². The second-order valence-electron chi connectivity index (χ2n) is 13.5. The van der Waals surface area contributed by atoms with Gasteiger partial charge in [-0.25, -0.2) is 0 Å². The zero-order valence-corrected chi connectivity index (χ0v) is 27.9. The first kappa shape index (κ1) is 29.1. The van der Waals surface area contributed by atoms with Crippen LogP contribution in [0.15, 0.2) is 164 Å². The van der Waals surface area contributed by atoms with Crippen LogP contribution in [-0.2, 0) is 5.41 Å². The summed E-state index contributed by atoms with van der Waals surface area (Å²) in [5.41, 5.74) is 14.9. The summed E-state index contributed by atoms with van der Waals surface area (Å²) in [6.07, 6.45) is 0. The lowest BCUT2D eigenvalue weighted by Crippen LogP contribution is -2.32. The number of nitrogens with zero attached hydrogens (tertiary/aromatic N) is 2. The monoisotopic (exact) mass is 632 g/mol. The van der Waals surface area contributed by atoms with E-state index in [2.05, 4.69) is 194 Å². The number of anilines is 6. The largest absolute Gasteiger partial charge is 0.453 e. The van der Waals surface area contributed by atoms with Gasteiger partial charge in [0.1, 0.15) is 0 Å². The highest BCUT2D eigenvalue weighted by Gasteiger charge is 2.42. The average molecular weight is 633 g/mol. The van der Waals surface area contributed by atoms with Crippen LogP contribution in [0.1, 0.15) is 30.5 Å². The fourth-order valence-corrected chi connectivity index (χ4v) is 7.72. The van der Waals surface area contributed by atoms with Crippen LogP contribution >= 0.6 is 0 Å². The Bertz CT molecular complexity index is 2340. The van der Waals surface area contributed by atoms with E-state index in [1.807, 2.05) is 0 Å². The van der Waals surface area contributed by atoms with Gasteiger partial charge >= 0.3 is 0 Å². The Hall–Kier alpha value is -6.06. The molecule has 2 aliphatic rings. The van der Waals surface area contributed by atoms with Crippen LogP contribution in [0.25, 0.3) is 22.3 Å². The normalized spacial score (nSPS) is 13.5. The van der Waals surface area contributed by atoms with Crippen LogP contribution in [0, 0.1) is 6.92 Å². The molecule has 0 bridgehead atoms. The van der Waals surface area contributed by atoms with E-state index in [0.29, 0.717) is 0 Å². The molecule has 0 aromatic heterocycles. The summed E-state index contributed by atoms with van der Waals surface area (Å²) in [5.74, 6) is 1.77. The molecule has 0 saturated heterocycles. The molecule has 7 aromatic rings. The highest BCUT2D eigenvalue weighted by atomic mass is 16.5. The standard InChI is InChI=1S/C46H36N2O/c1-31-14-12-22-42-44(31)48-41-30-36(28-29-38(41)46(2,3)39-20-13-23-43(49-42)45(39)48)47(35-26-24-33(25-27-35)32-15-6-4-7-16-32)40-21-11-10-19-37(40)34-17-8-5-9-18-34/h4-30H,1-3H3. The molecule has 0 unspecified atom stereocenters. The van der Waals surface area contributed by atoms with E-state index in [1.165, 1.54) is 44.6 Å². The lowest BCUT2D eigenvalue weighted by molar-refractivity contribution is 0.471. The van der Waals surface area contributed by atoms with Crippen LogP contribution in [0.5, 0.6) is 11.5 Å². The fourth-order valence-electron chi connectivity index (χ4n) is 7.72. The van der Waals surface area contributed by atoms with Crippen molar-refractivity contribution in [1.29, 1.82) is 0 Å². The Labute approximate surface area is 288 Å². The molecular weight excluding hydrogens is 597 g/mol. The van der Waals surface area contributed by atoms with Gasteiger partial charge in [-0.2, -0.15) is 0 Å². The molecular formula is C46H36N2O. The molecule has 0 fully saturated rings.